The lowest BCUT2D eigenvalue weighted by Crippen LogP contribution is -2.21. The second kappa shape index (κ2) is 5.50. The predicted molar refractivity (Wildman–Crippen MR) is 67.2 cm³/mol. The monoisotopic (exact) mass is 228 g/mol. The molecule has 0 atom stereocenters. The van der Waals surface area contributed by atoms with E-state index in [4.69, 9.17) is 0 Å². The van der Waals surface area contributed by atoms with Crippen LogP contribution in [0.1, 0.15) is 19.4 Å². The van der Waals surface area contributed by atoms with E-state index in [1.54, 1.807) is 18.6 Å². The molecule has 0 amide bonds. The van der Waals surface area contributed by atoms with Crippen molar-refractivity contribution < 1.29 is 0 Å². The SMILES string of the molecule is CC(C)NCc1cncc(-c2cnccn2)c1. The van der Waals surface area contributed by atoms with Gasteiger partial charge in [0.2, 0.25) is 0 Å². The van der Waals surface area contributed by atoms with Crippen molar-refractivity contribution >= 4 is 0 Å². The zero-order valence-electron chi connectivity index (χ0n) is 10.1. The van der Waals surface area contributed by atoms with Crippen LogP contribution in [0, 0.1) is 0 Å². The van der Waals surface area contributed by atoms with E-state index in [0.717, 1.165) is 23.4 Å². The summed E-state index contributed by atoms with van der Waals surface area (Å²) in [5, 5.41) is 3.36. The second-order valence-corrected chi connectivity index (χ2v) is 4.21. The van der Waals surface area contributed by atoms with Gasteiger partial charge in [-0.1, -0.05) is 13.8 Å². The van der Waals surface area contributed by atoms with Crippen LogP contribution in [-0.2, 0) is 6.54 Å². The summed E-state index contributed by atoms with van der Waals surface area (Å²) in [6.07, 6.45) is 8.78. The fourth-order valence-corrected chi connectivity index (χ4v) is 1.49. The molecule has 4 heteroatoms. The van der Waals surface area contributed by atoms with Gasteiger partial charge in [-0.2, -0.15) is 0 Å². The first-order valence-corrected chi connectivity index (χ1v) is 5.69. The quantitative estimate of drug-likeness (QED) is 0.870. The normalized spacial score (nSPS) is 10.8. The van der Waals surface area contributed by atoms with Crippen LogP contribution in [0.15, 0.2) is 37.1 Å². The Balaban J connectivity index is 2.17. The van der Waals surface area contributed by atoms with E-state index in [1.165, 1.54) is 0 Å². The van der Waals surface area contributed by atoms with Crippen molar-refractivity contribution in [3.05, 3.63) is 42.6 Å². The molecule has 2 heterocycles. The summed E-state index contributed by atoms with van der Waals surface area (Å²) in [6.45, 7) is 5.07. The van der Waals surface area contributed by atoms with E-state index in [-0.39, 0.29) is 0 Å². The highest BCUT2D eigenvalue weighted by Crippen LogP contribution is 2.15. The first kappa shape index (κ1) is 11.7. The smallest absolute Gasteiger partial charge is 0.0900 e. The van der Waals surface area contributed by atoms with Crippen LogP contribution < -0.4 is 5.32 Å². The van der Waals surface area contributed by atoms with Crippen molar-refractivity contribution in [3.63, 3.8) is 0 Å². The third-order valence-corrected chi connectivity index (χ3v) is 2.37. The molecule has 4 nitrogen and oxygen atoms in total. The molecule has 2 aromatic rings. The standard InChI is InChI=1S/C13H16N4/c1-10(2)17-7-11-5-12(8-15-6-11)13-9-14-3-4-16-13/h3-6,8-10,17H,7H2,1-2H3. The van der Waals surface area contributed by atoms with Crippen molar-refractivity contribution in [2.24, 2.45) is 0 Å². The second-order valence-electron chi connectivity index (χ2n) is 4.21. The van der Waals surface area contributed by atoms with Crippen LogP contribution in [0.4, 0.5) is 0 Å². The number of nitrogens with zero attached hydrogens (tertiary/aromatic N) is 3. The Morgan fingerprint density at radius 1 is 1.12 bits per heavy atom. The van der Waals surface area contributed by atoms with Crippen LogP contribution in [0.3, 0.4) is 0 Å². The van der Waals surface area contributed by atoms with Crippen LogP contribution >= 0.6 is 0 Å². The van der Waals surface area contributed by atoms with Crippen LogP contribution in [0.2, 0.25) is 0 Å². The maximum atomic E-state index is 4.26. The van der Waals surface area contributed by atoms with Crippen molar-refractivity contribution in [1.29, 1.82) is 0 Å². The minimum Gasteiger partial charge on any atom is -0.310 e. The van der Waals surface area contributed by atoms with E-state index in [9.17, 15) is 0 Å². The number of hydrogen-bond donors (Lipinski definition) is 1. The number of hydrogen-bond acceptors (Lipinski definition) is 4. The molecule has 0 bridgehead atoms. The minimum atomic E-state index is 0.468. The molecule has 0 fully saturated rings. The molecule has 0 aromatic carbocycles. The molecule has 0 spiro atoms. The Morgan fingerprint density at radius 3 is 2.71 bits per heavy atom. The Hall–Kier alpha value is -1.81. The third-order valence-electron chi connectivity index (χ3n) is 2.37. The summed E-state index contributed by atoms with van der Waals surface area (Å²) in [5.74, 6) is 0. The highest BCUT2D eigenvalue weighted by Gasteiger charge is 2.01. The van der Waals surface area contributed by atoms with Crippen LogP contribution in [0.5, 0.6) is 0 Å². The fraction of sp³-hybridized carbons (Fsp3) is 0.308. The molecule has 0 aliphatic carbocycles. The Labute approximate surface area is 101 Å². The molecule has 17 heavy (non-hydrogen) atoms. The third kappa shape index (κ3) is 3.32. The average Bonchev–Trinajstić information content (AvgIpc) is 2.38. The molecular weight excluding hydrogens is 212 g/mol. The van der Waals surface area contributed by atoms with E-state index in [1.807, 2.05) is 12.4 Å². The fourth-order valence-electron chi connectivity index (χ4n) is 1.49. The van der Waals surface area contributed by atoms with Gasteiger partial charge in [-0.15, -0.1) is 0 Å². The molecule has 1 N–H and O–H groups in total. The van der Waals surface area contributed by atoms with Crippen molar-refractivity contribution in [1.82, 2.24) is 20.3 Å². The van der Waals surface area contributed by atoms with Gasteiger partial charge in [0.15, 0.2) is 0 Å². The lowest BCUT2D eigenvalue weighted by atomic mass is 10.1. The molecule has 0 unspecified atom stereocenters. The van der Waals surface area contributed by atoms with Crippen molar-refractivity contribution in [3.8, 4) is 11.3 Å². The predicted octanol–water partition coefficient (Wildman–Crippen LogP) is 2.04. The largest absolute Gasteiger partial charge is 0.310 e. The highest BCUT2D eigenvalue weighted by molar-refractivity contribution is 5.57. The molecule has 0 aliphatic rings. The van der Waals surface area contributed by atoms with E-state index in [0.29, 0.717) is 6.04 Å². The summed E-state index contributed by atoms with van der Waals surface area (Å²) in [6, 6.07) is 2.56. The van der Waals surface area contributed by atoms with Gasteiger partial charge in [-0.25, -0.2) is 0 Å². The molecule has 0 saturated heterocycles. The summed E-state index contributed by atoms with van der Waals surface area (Å²) in [7, 11) is 0. The molecule has 2 aromatic heterocycles. The van der Waals surface area contributed by atoms with Gasteiger partial charge >= 0.3 is 0 Å². The van der Waals surface area contributed by atoms with Gasteiger partial charge in [-0.3, -0.25) is 15.0 Å². The molecule has 88 valence electrons. The maximum Gasteiger partial charge on any atom is 0.0900 e. The summed E-state index contributed by atoms with van der Waals surface area (Å²) >= 11 is 0. The van der Waals surface area contributed by atoms with Gasteiger partial charge in [0.1, 0.15) is 0 Å². The van der Waals surface area contributed by atoms with Crippen LogP contribution in [-0.4, -0.2) is 21.0 Å². The summed E-state index contributed by atoms with van der Waals surface area (Å²) in [4.78, 5) is 12.6. The lowest BCUT2D eigenvalue weighted by molar-refractivity contribution is 0.588. The van der Waals surface area contributed by atoms with Gasteiger partial charge in [0.25, 0.3) is 0 Å². The average molecular weight is 228 g/mol. The van der Waals surface area contributed by atoms with Crippen molar-refractivity contribution in [2.75, 3.05) is 0 Å². The first-order chi connectivity index (χ1) is 8.25. The van der Waals surface area contributed by atoms with Gasteiger partial charge in [0.05, 0.1) is 11.9 Å². The van der Waals surface area contributed by atoms with Crippen LogP contribution in [0.25, 0.3) is 11.3 Å². The molecular formula is C13H16N4. The van der Waals surface area contributed by atoms with E-state index in [2.05, 4.69) is 40.2 Å². The zero-order chi connectivity index (χ0) is 12.1. The number of nitrogens with one attached hydrogen (secondary N) is 1. The molecule has 0 saturated carbocycles. The Morgan fingerprint density at radius 2 is 2.00 bits per heavy atom. The summed E-state index contributed by atoms with van der Waals surface area (Å²) < 4.78 is 0. The number of rotatable bonds is 4. The first-order valence-electron chi connectivity index (χ1n) is 5.69. The molecule has 0 radical (unpaired) electrons. The molecule has 2 rings (SSSR count). The molecule has 0 aliphatic heterocycles. The van der Waals surface area contributed by atoms with Gasteiger partial charge in [0, 0.05) is 42.9 Å². The van der Waals surface area contributed by atoms with E-state index >= 15 is 0 Å². The number of aromatic nitrogens is 3. The Kier molecular flexibility index (Phi) is 3.77. The topological polar surface area (TPSA) is 50.7 Å². The van der Waals surface area contributed by atoms with E-state index < -0.39 is 0 Å². The van der Waals surface area contributed by atoms with Gasteiger partial charge in [-0.05, 0) is 11.6 Å². The van der Waals surface area contributed by atoms with Crippen molar-refractivity contribution in [2.45, 2.75) is 26.4 Å². The number of pyridine rings is 1. The lowest BCUT2D eigenvalue weighted by Gasteiger charge is -2.08. The zero-order valence-corrected chi connectivity index (χ0v) is 10.1. The van der Waals surface area contributed by atoms with Gasteiger partial charge < -0.3 is 5.32 Å². The summed E-state index contributed by atoms with van der Waals surface area (Å²) in [5.41, 5.74) is 3.01. The minimum absolute atomic E-state index is 0.468. The maximum absolute atomic E-state index is 4.26. The highest BCUT2D eigenvalue weighted by atomic mass is 14.9. The Bertz CT molecular complexity index is 468.